The van der Waals surface area contributed by atoms with Crippen molar-refractivity contribution in [1.29, 1.82) is 0 Å². The van der Waals surface area contributed by atoms with Gasteiger partial charge in [0.05, 0.1) is 23.7 Å². The lowest BCUT2D eigenvalue weighted by Crippen LogP contribution is -2.22. The van der Waals surface area contributed by atoms with Gasteiger partial charge in [0.1, 0.15) is 0 Å². The lowest BCUT2D eigenvalue weighted by atomic mass is 10.2. The Labute approximate surface area is 93.5 Å². The third-order valence-electron chi connectivity index (χ3n) is 2.28. The Balaban J connectivity index is 2.14. The van der Waals surface area contributed by atoms with Crippen LogP contribution in [0.4, 0.5) is 0 Å². The zero-order valence-electron chi connectivity index (χ0n) is 8.82. The molecular weight excluding hydrogens is 204 g/mol. The summed E-state index contributed by atoms with van der Waals surface area (Å²) in [5, 5.41) is 17.4. The van der Waals surface area contributed by atoms with Gasteiger partial charge in [-0.25, -0.2) is 4.68 Å². The molecule has 16 heavy (non-hydrogen) atoms. The molecule has 0 saturated carbocycles. The van der Waals surface area contributed by atoms with Gasteiger partial charge in [-0.1, -0.05) is 23.4 Å². The van der Waals surface area contributed by atoms with Crippen molar-refractivity contribution >= 4 is 0 Å². The SMILES string of the molecule is NCC(O)Cc1cn(-c2ccccc2)nn1. The number of hydrogen-bond acceptors (Lipinski definition) is 4. The van der Waals surface area contributed by atoms with Gasteiger partial charge in [0.2, 0.25) is 0 Å². The van der Waals surface area contributed by atoms with Gasteiger partial charge in [0.15, 0.2) is 0 Å². The third-order valence-corrected chi connectivity index (χ3v) is 2.28. The van der Waals surface area contributed by atoms with E-state index in [9.17, 15) is 5.11 Å². The lowest BCUT2D eigenvalue weighted by Gasteiger charge is -2.02. The summed E-state index contributed by atoms with van der Waals surface area (Å²) in [6.07, 6.45) is 1.68. The Hall–Kier alpha value is -1.72. The normalized spacial score (nSPS) is 12.6. The predicted molar refractivity (Wildman–Crippen MR) is 60.1 cm³/mol. The topological polar surface area (TPSA) is 77.0 Å². The van der Waals surface area contributed by atoms with Gasteiger partial charge < -0.3 is 10.8 Å². The molecule has 0 radical (unpaired) electrons. The van der Waals surface area contributed by atoms with Crippen molar-refractivity contribution in [3.8, 4) is 5.69 Å². The molecule has 2 rings (SSSR count). The van der Waals surface area contributed by atoms with Crippen LogP contribution in [-0.2, 0) is 6.42 Å². The van der Waals surface area contributed by atoms with Crippen molar-refractivity contribution in [2.45, 2.75) is 12.5 Å². The van der Waals surface area contributed by atoms with Crippen molar-refractivity contribution in [2.24, 2.45) is 5.73 Å². The maximum absolute atomic E-state index is 9.39. The van der Waals surface area contributed by atoms with Crippen LogP contribution >= 0.6 is 0 Å². The summed E-state index contributed by atoms with van der Waals surface area (Å²) in [5.41, 5.74) is 7.02. The highest BCUT2D eigenvalue weighted by molar-refractivity contribution is 5.29. The third kappa shape index (κ3) is 2.44. The molecule has 2 aromatic rings. The summed E-state index contributed by atoms with van der Waals surface area (Å²) in [6.45, 7) is 0.234. The van der Waals surface area contributed by atoms with Crippen LogP contribution in [0.1, 0.15) is 5.69 Å². The molecule has 1 atom stereocenters. The van der Waals surface area contributed by atoms with Crippen molar-refractivity contribution in [3.63, 3.8) is 0 Å². The average Bonchev–Trinajstić information content (AvgIpc) is 2.78. The van der Waals surface area contributed by atoms with Crippen molar-refractivity contribution in [1.82, 2.24) is 15.0 Å². The first-order chi connectivity index (χ1) is 7.79. The maximum atomic E-state index is 9.39. The highest BCUT2D eigenvalue weighted by Gasteiger charge is 2.07. The maximum Gasteiger partial charge on any atom is 0.0858 e. The second kappa shape index (κ2) is 4.87. The van der Waals surface area contributed by atoms with Crippen LogP contribution in [0.2, 0.25) is 0 Å². The van der Waals surface area contributed by atoms with E-state index in [1.165, 1.54) is 0 Å². The number of aromatic nitrogens is 3. The number of aliphatic hydroxyl groups is 1. The molecule has 0 spiro atoms. The lowest BCUT2D eigenvalue weighted by molar-refractivity contribution is 0.182. The van der Waals surface area contributed by atoms with Gasteiger partial charge >= 0.3 is 0 Å². The van der Waals surface area contributed by atoms with E-state index in [1.807, 2.05) is 30.3 Å². The van der Waals surface area contributed by atoms with E-state index in [2.05, 4.69) is 10.3 Å². The second-order valence-corrected chi connectivity index (χ2v) is 3.58. The van der Waals surface area contributed by atoms with Crippen molar-refractivity contribution in [3.05, 3.63) is 42.2 Å². The van der Waals surface area contributed by atoms with Crippen molar-refractivity contribution < 1.29 is 5.11 Å². The number of nitrogens with zero attached hydrogens (tertiary/aromatic N) is 3. The van der Waals surface area contributed by atoms with Gasteiger partial charge in [-0.3, -0.25) is 0 Å². The summed E-state index contributed by atoms with van der Waals surface area (Å²) in [6, 6.07) is 9.70. The highest BCUT2D eigenvalue weighted by atomic mass is 16.3. The molecule has 84 valence electrons. The van der Waals surface area contributed by atoms with Gasteiger partial charge in [-0.2, -0.15) is 0 Å². The van der Waals surface area contributed by atoms with Crippen LogP contribution in [0.3, 0.4) is 0 Å². The molecule has 0 aliphatic heterocycles. The largest absolute Gasteiger partial charge is 0.391 e. The average molecular weight is 218 g/mol. The minimum atomic E-state index is -0.555. The van der Waals surface area contributed by atoms with Crippen molar-refractivity contribution in [2.75, 3.05) is 6.54 Å². The number of nitrogens with two attached hydrogens (primary N) is 1. The predicted octanol–water partition coefficient (Wildman–Crippen LogP) is 0.129. The van der Waals surface area contributed by atoms with E-state index in [-0.39, 0.29) is 6.54 Å². The Morgan fingerprint density at radius 2 is 2.06 bits per heavy atom. The second-order valence-electron chi connectivity index (χ2n) is 3.58. The molecule has 1 unspecified atom stereocenters. The van der Waals surface area contributed by atoms with Crippen LogP contribution in [0.25, 0.3) is 5.69 Å². The summed E-state index contributed by atoms with van der Waals surface area (Å²) in [5.74, 6) is 0. The quantitative estimate of drug-likeness (QED) is 0.764. The zero-order valence-corrected chi connectivity index (χ0v) is 8.82. The van der Waals surface area contributed by atoms with Crippen LogP contribution in [0.5, 0.6) is 0 Å². The van der Waals surface area contributed by atoms with Gasteiger partial charge in [-0.15, -0.1) is 5.10 Å². The molecule has 1 heterocycles. The number of hydrogen-bond donors (Lipinski definition) is 2. The first-order valence-electron chi connectivity index (χ1n) is 5.14. The summed E-state index contributed by atoms with van der Waals surface area (Å²) in [7, 11) is 0. The molecule has 1 aromatic heterocycles. The molecule has 3 N–H and O–H groups in total. The van der Waals surface area contributed by atoms with E-state index in [0.29, 0.717) is 6.42 Å². The number of para-hydroxylation sites is 1. The van der Waals surface area contributed by atoms with E-state index in [1.54, 1.807) is 10.9 Å². The fraction of sp³-hybridized carbons (Fsp3) is 0.273. The minimum absolute atomic E-state index is 0.234. The zero-order chi connectivity index (χ0) is 11.4. The Morgan fingerprint density at radius 1 is 1.31 bits per heavy atom. The fourth-order valence-corrected chi connectivity index (χ4v) is 1.42. The van der Waals surface area contributed by atoms with Gasteiger partial charge in [0, 0.05) is 13.0 Å². The Bertz CT molecular complexity index is 440. The molecule has 0 aliphatic rings. The molecule has 0 fully saturated rings. The van der Waals surface area contributed by atoms with Crippen LogP contribution < -0.4 is 5.73 Å². The molecular formula is C11H14N4O. The highest BCUT2D eigenvalue weighted by Crippen LogP contribution is 2.06. The van der Waals surface area contributed by atoms with Gasteiger partial charge in [-0.05, 0) is 12.1 Å². The fourth-order valence-electron chi connectivity index (χ4n) is 1.42. The molecule has 0 saturated heterocycles. The van der Waals surface area contributed by atoms with Crippen LogP contribution in [0, 0.1) is 0 Å². The van der Waals surface area contributed by atoms with Gasteiger partial charge in [0.25, 0.3) is 0 Å². The van der Waals surface area contributed by atoms with E-state index < -0.39 is 6.10 Å². The summed E-state index contributed by atoms with van der Waals surface area (Å²) >= 11 is 0. The first-order valence-corrected chi connectivity index (χ1v) is 5.14. The minimum Gasteiger partial charge on any atom is -0.391 e. The Morgan fingerprint density at radius 3 is 2.75 bits per heavy atom. The van der Waals surface area contributed by atoms with Crippen LogP contribution in [-0.4, -0.2) is 32.7 Å². The molecule has 1 aromatic carbocycles. The van der Waals surface area contributed by atoms with E-state index >= 15 is 0 Å². The Kier molecular flexibility index (Phi) is 3.28. The van der Waals surface area contributed by atoms with E-state index in [0.717, 1.165) is 11.4 Å². The number of benzene rings is 1. The number of rotatable bonds is 4. The standard InChI is InChI=1S/C11H14N4O/c12-7-11(16)6-9-8-15(14-13-9)10-4-2-1-3-5-10/h1-5,8,11,16H,6-7,12H2. The first kappa shape index (κ1) is 10.8. The molecule has 0 bridgehead atoms. The number of aliphatic hydroxyl groups excluding tert-OH is 1. The molecule has 5 nitrogen and oxygen atoms in total. The van der Waals surface area contributed by atoms with Crippen LogP contribution in [0.15, 0.2) is 36.5 Å². The summed E-state index contributed by atoms with van der Waals surface area (Å²) < 4.78 is 1.68. The molecule has 5 heteroatoms. The van der Waals surface area contributed by atoms with E-state index in [4.69, 9.17) is 5.73 Å². The monoisotopic (exact) mass is 218 g/mol. The summed E-state index contributed by atoms with van der Waals surface area (Å²) in [4.78, 5) is 0. The molecule has 0 amide bonds. The molecule has 0 aliphatic carbocycles. The smallest absolute Gasteiger partial charge is 0.0858 e.